The highest BCUT2D eigenvalue weighted by molar-refractivity contribution is 9.10. The molecular formula is C15H10BrN5O2. The molecule has 1 aromatic carbocycles. The first kappa shape index (κ1) is 13.9. The van der Waals surface area contributed by atoms with Crippen molar-refractivity contribution in [2.45, 2.75) is 6.54 Å². The zero-order chi connectivity index (χ0) is 16.0. The molecule has 7 nitrogen and oxygen atoms in total. The van der Waals surface area contributed by atoms with Crippen LogP contribution >= 0.6 is 15.9 Å². The maximum atomic E-state index is 11.2. The molecule has 0 unspecified atom stereocenters. The first-order valence-electron chi connectivity index (χ1n) is 6.79. The topological polar surface area (TPSA) is 103 Å². The van der Waals surface area contributed by atoms with Gasteiger partial charge in [-0.25, -0.2) is 14.8 Å². The molecule has 0 spiro atoms. The number of rotatable bonds is 3. The zero-order valence-electron chi connectivity index (χ0n) is 11.7. The molecule has 4 rings (SSSR count). The van der Waals surface area contributed by atoms with Crippen molar-refractivity contribution < 1.29 is 9.90 Å². The van der Waals surface area contributed by atoms with Crippen LogP contribution in [0.3, 0.4) is 0 Å². The largest absolute Gasteiger partial charge is 0.477 e. The van der Waals surface area contributed by atoms with Gasteiger partial charge in [-0.15, -0.1) is 0 Å². The Hall–Kier alpha value is -2.74. The van der Waals surface area contributed by atoms with Crippen LogP contribution < -0.4 is 5.32 Å². The molecule has 23 heavy (non-hydrogen) atoms. The highest BCUT2D eigenvalue weighted by Gasteiger charge is 2.19. The van der Waals surface area contributed by atoms with E-state index >= 15 is 0 Å². The second-order valence-electron chi connectivity index (χ2n) is 5.07. The molecule has 0 amide bonds. The smallest absolute Gasteiger partial charge is 0.353 e. The van der Waals surface area contributed by atoms with E-state index in [2.05, 4.69) is 41.2 Å². The van der Waals surface area contributed by atoms with Gasteiger partial charge in [0.2, 0.25) is 0 Å². The minimum absolute atomic E-state index is 0.0460. The summed E-state index contributed by atoms with van der Waals surface area (Å²) in [4.78, 5) is 26.6. The van der Waals surface area contributed by atoms with Crippen LogP contribution in [0.4, 0.5) is 11.5 Å². The molecule has 0 saturated heterocycles. The fraction of sp³-hybridized carbons (Fsp3) is 0.0667. The van der Waals surface area contributed by atoms with Gasteiger partial charge in [-0.3, -0.25) is 4.99 Å². The Balaban J connectivity index is 1.80. The standard InChI is InChI=1S/C15H10BrN5O2/c16-11-10-13(18-6-19-14(10)21-12(11)15(22)23)20-9-2-1-7-4-17-5-8(7)3-9/h1-3,5-6H,4H2,(H,22,23)(H2,18,19,20,21). The van der Waals surface area contributed by atoms with Crippen LogP contribution in [0.1, 0.15) is 21.6 Å². The number of carboxylic acid groups (broad SMARTS) is 1. The number of carbonyl (C=O) groups is 1. The monoisotopic (exact) mass is 371 g/mol. The molecule has 3 aromatic rings. The molecule has 8 heteroatoms. The normalized spacial score (nSPS) is 12.6. The summed E-state index contributed by atoms with van der Waals surface area (Å²) in [5.74, 6) is -0.532. The molecule has 0 radical (unpaired) electrons. The molecular weight excluding hydrogens is 362 g/mol. The van der Waals surface area contributed by atoms with Gasteiger partial charge in [0.25, 0.3) is 0 Å². The summed E-state index contributed by atoms with van der Waals surface area (Å²) in [6.45, 7) is 0.707. The van der Waals surface area contributed by atoms with E-state index in [-0.39, 0.29) is 5.69 Å². The second kappa shape index (κ2) is 5.17. The van der Waals surface area contributed by atoms with E-state index in [9.17, 15) is 9.90 Å². The molecule has 3 heterocycles. The number of H-pyrrole nitrogens is 1. The van der Waals surface area contributed by atoms with Crippen molar-refractivity contribution >= 4 is 50.7 Å². The van der Waals surface area contributed by atoms with Gasteiger partial charge < -0.3 is 15.4 Å². The van der Waals surface area contributed by atoms with Crippen molar-refractivity contribution in [2.75, 3.05) is 5.32 Å². The van der Waals surface area contributed by atoms with Crippen molar-refractivity contribution in [3.8, 4) is 0 Å². The summed E-state index contributed by atoms with van der Waals surface area (Å²) in [5, 5.41) is 13.0. The summed E-state index contributed by atoms with van der Waals surface area (Å²) in [6, 6.07) is 5.94. The van der Waals surface area contributed by atoms with Crippen LogP contribution in [-0.4, -0.2) is 32.2 Å². The van der Waals surface area contributed by atoms with Crippen molar-refractivity contribution in [1.82, 2.24) is 15.0 Å². The van der Waals surface area contributed by atoms with Crippen LogP contribution in [0, 0.1) is 0 Å². The van der Waals surface area contributed by atoms with Gasteiger partial charge in [0.1, 0.15) is 23.5 Å². The highest BCUT2D eigenvalue weighted by atomic mass is 79.9. The van der Waals surface area contributed by atoms with Crippen LogP contribution in [0.5, 0.6) is 0 Å². The number of fused-ring (bicyclic) bond motifs is 2. The Labute approximate surface area is 138 Å². The molecule has 0 aliphatic carbocycles. The minimum atomic E-state index is -1.06. The lowest BCUT2D eigenvalue weighted by Crippen LogP contribution is -1.97. The SMILES string of the molecule is O=C(O)c1[nH]c2ncnc(Nc3ccc4c(c3)C=NC4)c2c1Br. The van der Waals surface area contributed by atoms with Gasteiger partial charge >= 0.3 is 5.97 Å². The Morgan fingerprint density at radius 1 is 1.35 bits per heavy atom. The second-order valence-corrected chi connectivity index (χ2v) is 5.87. The number of aliphatic imine (C=N–C) groups is 1. The minimum Gasteiger partial charge on any atom is -0.477 e. The molecule has 0 fully saturated rings. The van der Waals surface area contributed by atoms with Crippen molar-refractivity contribution in [3.63, 3.8) is 0 Å². The van der Waals surface area contributed by atoms with Crippen LogP contribution in [0.2, 0.25) is 0 Å². The van der Waals surface area contributed by atoms with Gasteiger partial charge in [-0.1, -0.05) is 6.07 Å². The van der Waals surface area contributed by atoms with Gasteiger partial charge in [-0.2, -0.15) is 0 Å². The van der Waals surface area contributed by atoms with E-state index in [0.29, 0.717) is 27.9 Å². The number of halogens is 1. The Morgan fingerprint density at radius 3 is 3.04 bits per heavy atom. The van der Waals surface area contributed by atoms with Gasteiger partial charge in [0.15, 0.2) is 0 Å². The molecule has 1 aliphatic heterocycles. The first-order valence-corrected chi connectivity index (χ1v) is 7.58. The summed E-state index contributed by atoms with van der Waals surface area (Å²) in [7, 11) is 0. The molecule has 1 aliphatic rings. The number of anilines is 2. The Morgan fingerprint density at radius 2 is 2.22 bits per heavy atom. The van der Waals surface area contributed by atoms with Crippen LogP contribution in [0.25, 0.3) is 11.0 Å². The predicted molar refractivity (Wildman–Crippen MR) is 89.6 cm³/mol. The quantitative estimate of drug-likeness (QED) is 0.656. The van der Waals surface area contributed by atoms with Gasteiger partial charge in [-0.05, 0) is 39.2 Å². The lowest BCUT2D eigenvalue weighted by molar-refractivity contribution is 0.0690. The molecule has 0 saturated carbocycles. The third kappa shape index (κ3) is 2.27. The number of hydrogen-bond donors (Lipinski definition) is 3. The lowest BCUT2D eigenvalue weighted by atomic mass is 10.1. The van der Waals surface area contributed by atoms with E-state index < -0.39 is 5.97 Å². The summed E-state index contributed by atoms with van der Waals surface area (Å²) >= 11 is 3.31. The summed E-state index contributed by atoms with van der Waals surface area (Å²) in [5.41, 5.74) is 3.60. The predicted octanol–water partition coefficient (Wildman–Crippen LogP) is 3.09. The first-order chi connectivity index (χ1) is 11.1. The third-order valence-corrected chi connectivity index (χ3v) is 4.44. The molecule has 3 N–H and O–H groups in total. The molecule has 114 valence electrons. The van der Waals surface area contributed by atoms with Gasteiger partial charge in [0.05, 0.1) is 16.4 Å². The summed E-state index contributed by atoms with van der Waals surface area (Å²) in [6.07, 6.45) is 3.22. The number of aromatic amines is 1. The van der Waals surface area contributed by atoms with Crippen LogP contribution in [0.15, 0.2) is 34.0 Å². The number of nitrogens with zero attached hydrogens (tertiary/aromatic N) is 3. The van der Waals surface area contributed by atoms with E-state index in [1.54, 1.807) is 0 Å². The van der Waals surface area contributed by atoms with Crippen molar-refractivity contribution in [1.29, 1.82) is 0 Å². The Kier molecular flexibility index (Phi) is 3.12. The number of carboxylic acids is 1. The molecule has 0 atom stereocenters. The summed E-state index contributed by atoms with van der Waals surface area (Å²) < 4.78 is 0.422. The van der Waals surface area contributed by atoms with E-state index in [1.165, 1.54) is 11.9 Å². The fourth-order valence-electron chi connectivity index (χ4n) is 2.54. The fourth-order valence-corrected chi connectivity index (χ4v) is 3.19. The third-order valence-electron chi connectivity index (χ3n) is 3.64. The highest BCUT2D eigenvalue weighted by Crippen LogP contribution is 2.33. The molecule has 0 bridgehead atoms. The Bertz CT molecular complexity index is 979. The van der Waals surface area contributed by atoms with E-state index in [0.717, 1.165) is 11.3 Å². The maximum absolute atomic E-state index is 11.2. The number of aromatic nitrogens is 3. The van der Waals surface area contributed by atoms with Crippen molar-refractivity contribution in [2.24, 2.45) is 4.99 Å². The van der Waals surface area contributed by atoms with Gasteiger partial charge in [0, 0.05) is 11.9 Å². The molecule has 2 aromatic heterocycles. The average Bonchev–Trinajstić information content (AvgIpc) is 3.12. The number of benzene rings is 1. The van der Waals surface area contributed by atoms with Crippen molar-refractivity contribution in [3.05, 3.63) is 45.8 Å². The number of nitrogens with one attached hydrogen (secondary N) is 2. The maximum Gasteiger partial charge on any atom is 0.353 e. The zero-order valence-corrected chi connectivity index (χ0v) is 13.3. The number of hydrogen-bond acceptors (Lipinski definition) is 5. The average molecular weight is 372 g/mol. The lowest BCUT2D eigenvalue weighted by Gasteiger charge is -2.08. The van der Waals surface area contributed by atoms with Crippen LogP contribution in [-0.2, 0) is 6.54 Å². The number of aromatic carboxylic acids is 1. The van der Waals surface area contributed by atoms with E-state index in [4.69, 9.17) is 0 Å². The van der Waals surface area contributed by atoms with E-state index in [1.807, 2.05) is 24.4 Å².